The highest BCUT2D eigenvalue weighted by Gasteiger charge is 2.34. The van der Waals surface area contributed by atoms with Crippen molar-refractivity contribution in [2.24, 2.45) is 0 Å². The van der Waals surface area contributed by atoms with Gasteiger partial charge in [-0.25, -0.2) is 0 Å². The van der Waals surface area contributed by atoms with Crippen LogP contribution in [0.1, 0.15) is 44.9 Å². The zero-order valence-corrected chi connectivity index (χ0v) is 10.3. The summed E-state index contributed by atoms with van der Waals surface area (Å²) in [4.78, 5) is 2.68. The fraction of sp³-hybridized carbons (Fsp3) is 0.857. The molecule has 0 amide bonds. The standard InChI is InChI=1S/C14H24N2/c1-2-3-4-6-10-15-13-9-12-16-11-7-5-8-14(13)16/h1,13-15H,3-12H2. The highest BCUT2D eigenvalue weighted by atomic mass is 15.2. The Kier molecular flexibility index (Phi) is 4.69. The van der Waals surface area contributed by atoms with Crippen molar-refractivity contribution in [3.63, 3.8) is 0 Å². The molecule has 2 aliphatic heterocycles. The van der Waals surface area contributed by atoms with Crippen LogP contribution in [-0.4, -0.2) is 36.6 Å². The minimum Gasteiger partial charge on any atom is -0.312 e. The van der Waals surface area contributed by atoms with Gasteiger partial charge in [-0.2, -0.15) is 0 Å². The van der Waals surface area contributed by atoms with Gasteiger partial charge in [-0.3, -0.25) is 4.90 Å². The van der Waals surface area contributed by atoms with E-state index in [1.54, 1.807) is 0 Å². The molecule has 0 aromatic rings. The van der Waals surface area contributed by atoms with Gasteiger partial charge < -0.3 is 5.32 Å². The average molecular weight is 220 g/mol. The van der Waals surface area contributed by atoms with Gasteiger partial charge in [0.2, 0.25) is 0 Å². The summed E-state index contributed by atoms with van der Waals surface area (Å²) in [7, 11) is 0. The lowest BCUT2D eigenvalue weighted by molar-refractivity contribution is 0.180. The van der Waals surface area contributed by atoms with E-state index in [-0.39, 0.29) is 0 Å². The lowest BCUT2D eigenvalue weighted by atomic mass is 9.99. The molecule has 2 heteroatoms. The Labute approximate surface area is 99.8 Å². The summed E-state index contributed by atoms with van der Waals surface area (Å²) in [5.41, 5.74) is 0. The Morgan fingerprint density at radius 1 is 1.19 bits per heavy atom. The van der Waals surface area contributed by atoms with Crippen molar-refractivity contribution >= 4 is 0 Å². The van der Waals surface area contributed by atoms with Crippen LogP contribution in [-0.2, 0) is 0 Å². The van der Waals surface area contributed by atoms with Crippen LogP contribution in [0.15, 0.2) is 0 Å². The second-order valence-electron chi connectivity index (χ2n) is 5.11. The molecule has 2 atom stereocenters. The molecule has 0 radical (unpaired) electrons. The molecule has 0 aromatic carbocycles. The second-order valence-corrected chi connectivity index (χ2v) is 5.11. The van der Waals surface area contributed by atoms with Crippen LogP contribution >= 0.6 is 0 Å². The number of fused-ring (bicyclic) bond motifs is 1. The minimum absolute atomic E-state index is 0.756. The molecule has 2 nitrogen and oxygen atoms in total. The van der Waals surface area contributed by atoms with Crippen LogP contribution in [0.5, 0.6) is 0 Å². The molecule has 2 rings (SSSR count). The summed E-state index contributed by atoms with van der Waals surface area (Å²) in [6.45, 7) is 3.79. The molecule has 2 aliphatic rings. The number of terminal acetylenes is 1. The van der Waals surface area contributed by atoms with E-state index in [9.17, 15) is 0 Å². The lowest BCUT2D eigenvalue weighted by Crippen LogP contribution is -2.45. The van der Waals surface area contributed by atoms with Gasteiger partial charge in [0.25, 0.3) is 0 Å². The van der Waals surface area contributed by atoms with Gasteiger partial charge in [0.1, 0.15) is 0 Å². The molecule has 2 fully saturated rings. The summed E-state index contributed by atoms with van der Waals surface area (Å²) in [6.07, 6.45) is 14.2. The van der Waals surface area contributed by atoms with Crippen molar-refractivity contribution in [2.75, 3.05) is 19.6 Å². The van der Waals surface area contributed by atoms with Gasteiger partial charge in [-0.05, 0) is 45.2 Å². The monoisotopic (exact) mass is 220 g/mol. The predicted molar refractivity (Wildman–Crippen MR) is 68.3 cm³/mol. The van der Waals surface area contributed by atoms with Gasteiger partial charge in [0.05, 0.1) is 0 Å². The van der Waals surface area contributed by atoms with E-state index in [1.807, 2.05) is 0 Å². The molecule has 0 aliphatic carbocycles. The van der Waals surface area contributed by atoms with Crippen molar-refractivity contribution in [3.8, 4) is 12.3 Å². The van der Waals surface area contributed by atoms with Crippen molar-refractivity contribution in [3.05, 3.63) is 0 Å². The first-order chi connectivity index (χ1) is 7.92. The molecular weight excluding hydrogens is 196 g/mol. The number of nitrogens with zero attached hydrogens (tertiary/aromatic N) is 1. The van der Waals surface area contributed by atoms with Crippen molar-refractivity contribution in [2.45, 2.75) is 57.0 Å². The van der Waals surface area contributed by atoms with Crippen LogP contribution < -0.4 is 5.32 Å². The third-order valence-electron chi connectivity index (χ3n) is 4.01. The van der Waals surface area contributed by atoms with E-state index in [4.69, 9.17) is 6.42 Å². The van der Waals surface area contributed by atoms with E-state index in [0.29, 0.717) is 0 Å². The van der Waals surface area contributed by atoms with Gasteiger partial charge in [-0.15, -0.1) is 12.3 Å². The zero-order valence-electron chi connectivity index (χ0n) is 10.3. The Balaban J connectivity index is 1.64. The molecule has 2 unspecified atom stereocenters. The molecule has 0 saturated carbocycles. The van der Waals surface area contributed by atoms with E-state index >= 15 is 0 Å². The van der Waals surface area contributed by atoms with Crippen LogP contribution in [0.3, 0.4) is 0 Å². The van der Waals surface area contributed by atoms with Gasteiger partial charge in [-0.1, -0.05) is 6.42 Å². The first-order valence-electron chi connectivity index (χ1n) is 6.82. The highest BCUT2D eigenvalue weighted by molar-refractivity contribution is 4.93. The summed E-state index contributed by atoms with van der Waals surface area (Å²) in [5, 5.41) is 3.73. The molecule has 90 valence electrons. The van der Waals surface area contributed by atoms with Crippen molar-refractivity contribution < 1.29 is 0 Å². The van der Waals surface area contributed by atoms with E-state index in [1.165, 1.54) is 51.6 Å². The first-order valence-corrected chi connectivity index (χ1v) is 6.82. The Hall–Kier alpha value is -0.520. The van der Waals surface area contributed by atoms with E-state index in [0.717, 1.165) is 25.0 Å². The maximum absolute atomic E-state index is 5.24. The third-order valence-corrected chi connectivity index (χ3v) is 4.01. The number of piperidine rings is 1. The molecular formula is C14H24N2. The topological polar surface area (TPSA) is 15.3 Å². The van der Waals surface area contributed by atoms with Crippen LogP contribution in [0.4, 0.5) is 0 Å². The molecule has 16 heavy (non-hydrogen) atoms. The smallest absolute Gasteiger partial charge is 0.0249 e. The lowest BCUT2D eigenvalue weighted by Gasteiger charge is -2.32. The molecule has 2 heterocycles. The largest absolute Gasteiger partial charge is 0.312 e. The summed E-state index contributed by atoms with van der Waals surface area (Å²) >= 11 is 0. The first kappa shape index (κ1) is 12.0. The van der Waals surface area contributed by atoms with Gasteiger partial charge in [0, 0.05) is 25.0 Å². The van der Waals surface area contributed by atoms with Crippen molar-refractivity contribution in [1.82, 2.24) is 10.2 Å². The van der Waals surface area contributed by atoms with Crippen molar-refractivity contribution in [1.29, 1.82) is 0 Å². The van der Waals surface area contributed by atoms with Gasteiger partial charge in [0.15, 0.2) is 0 Å². The Morgan fingerprint density at radius 2 is 2.12 bits per heavy atom. The van der Waals surface area contributed by atoms with Gasteiger partial charge >= 0.3 is 0 Å². The number of unbranched alkanes of at least 4 members (excludes halogenated alkanes) is 2. The zero-order chi connectivity index (χ0) is 11.2. The highest BCUT2D eigenvalue weighted by Crippen LogP contribution is 2.26. The SMILES string of the molecule is C#CCCCCNC1CCN2CCCCC12. The maximum atomic E-state index is 5.24. The Bertz CT molecular complexity index is 244. The van der Waals surface area contributed by atoms with Crippen LogP contribution in [0.25, 0.3) is 0 Å². The molecule has 1 N–H and O–H groups in total. The quantitative estimate of drug-likeness (QED) is 0.563. The Morgan fingerprint density at radius 3 is 3.00 bits per heavy atom. The van der Waals surface area contributed by atoms with E-state index < -0.39 is 0 Å². The fourth-order valence-corrected chi connectivity index (χ4v) is 3.12. The van der Waals surface area contributed by atoms with E-state index in [2.05, 4.69) is 16.1 Å². The normalized spacial score (nSPS) is 29.9. The van der Waals surface area contributed by atoms with Crippen LogP contribution in [0.2, 0.25) is 0 Å². The minimum atomic E-state index is 0.756. The van der Waals surface area contributed by atoms with Crippen LogP contribution in [0, 0.1) is 12.3 Å². The number of nitrogens with one attached hydrogen (secondary N) is 1. The number of hydrogen-bond donors (Lipinski definition) is 1. The maximum Gasteiger partial charge on any atom is 0.0249 e. The second kappa shape index (κ2) is 6.27. The molecule has 0 bridgehead atoms. The predicted octanol–water partition coefficient (Wildman–Crippen LogP) is 2.01. The average Bonchev–Trinajstić information content (AvgIpc) is 2.73. The third kappa shape index (κ3) is 2.99. The summed E-state index contributed by atoms with van der Waals surface area (Å²) < 4.78 is 0. The molecule has 2 saturated heterocycles. The summed E-state index contributed by atoms with van der Waals surface area (Å²) in [6, 6.07) is 1.59. The fourth-order valence-electron chi connectivity index (χ4n) is 3.12. The molecule has 0 spiro atoms. The number of hydrogen-bond acceptors (Lipinski definition) is 2. The molecule has 0 aromatic heterocycles. The summed E-state index contributed by atoms with van der Waals surface area (Å²) in [5.74, 6) is 2.71. The number of rotatable bonds is 5.